The van der Waals surface area contributed by atoms with Gasteiger partial charge in [0.25, 0.3) is 0 Å². The van der Waals surface area contributed by atoms with E-state index in [-0.39, 0.29) is 12.5 Å². The minimum atomic E-state index is -0.0261. The van der Waals surface area contributed by atoms with E-state index in [4.69, 9.17) is 4.74 Å². The lowest BCUT2D eigenvalue weighted by molar-refractivity contribution is -0.127. The number of nitrogens with zero attached hydrogens (tertiary/aromatic N) is 4. The number of carbonyl (C=O) groups is 1. The van der Waals surface area contributed by atoms with E-state index < -0.39 is 0 Å². The second kappa shape index (κ2) is 11.1. The van der Waals surface area contributed by atoms with Gasteiger partial charge in [0.05, 0.1) is 19.8 Å². The Morgan fingerprint density at radius 3 is 2.81 bits per heavy atom. The Hall–Kier alpha value is -1.71. The molecule has 1 fully saturated rings. The zero-order valence-electron chi connectivity index (χ0n) is 16.0. The third-order valence-electron chi connectivity index (χ3n) is 4.05. The highest BCUT2D eigenvalue weighted by Crippen LogP contribution is 2.12. The number of hydrogen-bond acceptors (Lipinski definition) is 6. The molecule has 1 aliphatic rings. The molecule has 26 heavy (non-hydrogen) atoms. The van der Waals surface area contributed by atoms with Gasteiger partial charge in [0.15, 0.2) is 5.96 Å². The molecule has 0 radical (unpaired) electrons. The number of ether oxygens (including phenoxy) is 1. The van der Waals surface area contributed by atoms with E-state index in [2.05, 4.69) is 32.4 Å². The number of amides is 1. The van der Waals surface area contributed by atoms with Crippen molar-refractivity contribution in [2.45, 2.75) is 19.9 Å². The van der Waals surface area contributed by atoms with Crippen molar-refractivity contribution in [1.82, 2.24) is 25.4 Å². The van der Waals surface area contributed by atoms with Crippen LogP contribution in [0.2, 0.25) is 0 Å². The molecule has 1 aromatic rings. The summed E-state index contributed by atoms with van der Waals surface area (Å²) in [5.41, 5.74) is 0. The van der Waals surface area contributed by atoms with Gasteiger partial charge in [-0.1, -0.05) is 6.92 Å². The zero-order chi connectivity index (χ0) is 18.8. The number of aryl methyl sites for hydroxylation is 1. The minimum Gasteiger partial charge on any atom is -0.379 e. The van der Waals surface area contributed by atoms with Gasteiger partial charge in [-0.05, 0) is 6.42 Å². The van der Waals surface area contributed by atoms with Crippen molar-refractivity contribution in [2.75, 3.05) is 60.0 Å². The average molecular weight is 383 g/mol. The SMILES string of the molecule is CCc1cnc(CNC(=NCC(=O)N(C)C)NCCN2CCOCC2)s1. The van der Waals surface area contributed by atoms with Gasteiger partial charge in [-0.25, -0.2) is 9.98 Å². The summed E-state index contributed by atoms with van der Waals surface area (Å²) in [7, 11) is 3.47. The van der Waals surface area contributed by atoms with E-state index in [0.29, 0.717) is 12.5 Å². The molecule has 2 rings (SSSR count). The molecule has 0 atom stereocenters. The Morgan fingerprint density at radius 1 is 1.38 bits per heavy atom. The Kier molecular flexibility index (Phi) is 8.79. The Balaban J connectivity index is 1.85. The minimum absolute atomic E-state index is 0.0261. The molecule has 0 unspecified atom stereocenters. The monoisotopic (exact) mass is 382 g/mol. The maximum atomic E-state index is 11.8. The number of hydrogen-bond donors (Lipinski definition) is 2. The molecule has 0 aromatic carbocycles. The summed E-state index contributed by atoms with van der Waals surface area (Å²) in [4.78, 5) is 25.8. The Bertz CT molecular complexity index is 584. The van der Waals surface area contributed by atoms with Gasteiger partial charge >= 0.3 is 0 Å². The van der Waals surface area contributed by atoms with Gasteiger partial charge in [-0.2, -0.15) is 0 Å². The number of morpholine rings is 1. The van der Waals surface area contributed by atoms with E-state index >= 15 is 0 Å². The lowest BCUT2D eigenvalue weighted by Gasteiger charge is -2.26. The van der Waals surface area contributed by atoms with Crippen molar-refractivity contribution in [3.05, 3.63) is 16.1 Å². The summed E-state index contributed by atoms with van der Waals surface area (Å²) in [6.07, 6.45) is 2.91. The molecule has 0 saturated carbocycles. The summed E-state index contributed by atoms with van der Waals surface area (Å²) < 4.78 is 5.37. The first-order chi connectivity index (χ1) is 12.6. The number of aromatic nitrogens is 1. The van der Waals surface area contributed by atoms with Crippen LogP contribution in [0, 0.1) is 0 Å². The summed E-state index contributed by atoms with van der Waals surface area (Å²) in [6.45, 7) is 8.03. The van der Waals surface area contributed by atoms with Gasteiger partial charge in [0.2, 0.25) is 5.91 Å². The summed E-state index contributed by atoms with van der Waals surface area (Å²) in [5, 5.41) is 7.61. The van der Waals surface area contributed by atoms with E-state index in [0.717, 1.165) is 50.8 Å². The smallest absolute Gasteiger partial charge is 0.243 e. The maximum Gasteiger partial charge on any atom is 0.243 e. The number of nitrogens with one attached hydrogen (secondary N) is 2. The molecule has 0 bridgehead atoms. The largest absolute Gasteiger partial charge is 0.379 e. The van der Waals surface area contributed by atoms with Crippen molar-refractivity contribution < 1.29 is 9.53 Å². The third-order valence-corrected chi connectivity index (χ3v) is 5.19. The molecule has 1 saturated heterocycles. The molecule has 2 N–H and O–H groups in total. The van der Waals surface area contributed by atoms with Crippen molar-refractivity contribution in [2.24, 2.45) is 4.99 Å². The van der Waals surface area contributed by atoms with Crippen LogP contribution >= 0.6 is 11.3 Å². The van der Waals surface area contributed by atoms with Crippen LogP contribution in [-0.4, -0.2) is 86.7 Å². The summed E-state index contributed by atoms with van der Waals surface area (Å²) in [6, 6.07) is 0. The highest BCUT2D eigenvalue weighted by molar-refractivity contribution is 7.11. The summed E-state index contributed by atoms with van der Waals surface area (Å²) in [5.74, 6) is 0.614. The van der Waals surface area contributed by atoms with Gasteiger partial charge in [-0.3, -0.25) is 9.69 Å². The first kappa shape index (κ1) is 20.6. The molecular formula is C17H30N6O2S. The fourth-order valence-corrected chi connectivity index (χ4v) is 3.17. The average Bonchev–Trinajstić information content (AvgIpc) is 3.12. The molecule has 1 aromatic heterocycles. The van der Waals surface area contributed by atoms with Crippen LogP contribution in [0.15, 0.2) is 11.2 Å². The van der Waals surface area contributed by atoms with E-state index in [1.807, 2.05) is 6.20 Å². The topological polar surface area (TPSA) is 82.1 Å². The van der Waals surface area contributed by atoms with Crippen molar-refractivity contribution in [3.8, 4) is 0 Å². The predicted octanol–water partition coefficient (Wildman–Crippen LogP) is 0.161. The van der Waals surface area contributed by atoms with Crippen LogP contribution in [0.4, 0.5) is 0 Å². The summed E-state index contributed by atoms with van der Waals surface area (Å²) >= 11 is 1.70. The van der Waals surface area contributed by atoms with E-state index in [1.54, 1.807) is 30.3 Å². The number of likely N-dealkylation sites (N-methyl/N-ethyl adjacent to an activating group) is 1. The molecule has 0 spiro atoms. The Morgan fingerprint density at radius 2 is 2.15 bits per heavy atom. The van der Waals surface area contributed by atoms with Gasteiger partial charge in [-0.15, -0.1) is 11.3 Å². The fraction of sp³-hybridized carbons (Fsp3) is 0.706. The normalized spacial score (nSPS) is 15.7. The van der Waals surface area contributed by atoms with Crippen LogP contribution in [0.25, 0.3) is 0 Å². The predicted molar refractivity (Wildman–Crippen MR) is 105 cm³/mol. The zero-order valence-corrected chi connectivity index (χ0v) is 16.8. The van der Waals surface area contributed by atoms with Crippen LogP contribution < -0.4 is 10.6 Å². The number of thiazole rings is 1. The highest BCUT2D eigenvalue weighted by atomic mass is 32.1. The second-order valence-electron chi connectivity index (χ2n) is 6.26. The molecule has 2 heterocycles. The standard InChI is InChI=1S/C17H30N6O2S/c1-4-14-11-19-15(26-14)12-20-17(21-13-16(24)22(2)3)18-5-6-23-7-9-25-10-8-23/h11H,4-10,12-13H2,1-3H3,(H2,18,20,21). The number of carbonyl (C=O) groups excluding carboxylic acids is 1. The molecule has 9 heteroatoms. The van der Waals surface area contributed by atoms with Gasteiger partial charge in [0, 0.05) is 51.3 Å². The second-order valence-corrected chi connectivity index (χ2v) is 7.46. The fourth-order valence-electron chi connectivity index (χ4n) is 2.37. The lowest BCUT2D eigenvalue weighted by Crippen LogP contribution is -2.44. The van der Waals surface area contributed by atoms with Crippen LogP contribution in [0.1, 0.15) is 16.8 Å². The first-order valence-electron chi connectivity index (χ1n) is 9.04. The number of guanidine groups is 1. The number of rotatable bonds is 8. The van der Waals surface area contributed by atoms with Crippen LogP contribution in [-0.2, 0) is 22.5 Å². The highest BCUT2D eigenvalue weighted by Gasteiger charge is 2.10. The van der Waals surface area contributed by atoms with Crippen molar-refractivity contribution in [1.29, 1.82) is 0 Å². The van der Waals surface area contributed by atoms with E-state index in [1.165, 1.54) is 4.88 Å². The van der Waals surface area contributed by atoms with Gasteiger partial charge in [0.1, 0.15) is 11.6 Å². The van der Waals surface area contributed by atoms with E-state index in [9.17, 15) is 4.79 Å². The lowest BCUT2D eigenvalue weighted by atomic mass is 10.4. The number of aliphatic imine (C=N–C) groups is 1. The molecule has 8 nitrogen and oxygen atoms in total. The molecule has 0 aliphatic carbocycles. The van der Waals surface area contributed by atoms with Gasteiger partial charge < -0.3 is 20.3 Å². The molecular weight excluding hydrogens is 352 g/mol. The van der Waals surface area contributed by atoms with Crippen LogP contribution in [0.3, 0.4) is 0 Å². The van der Waals surface area contributed by atoms with Crippen molar-refractivity contribution >= 4 is 23.2 Å². The molecule has 1 amide bonds. The van der Waals surface area contributed by atoms with Crippen molar-refractivity contribution in [3.63, 3.8) is 0 Å². The Labute approximate surface area is 159 Å². The first-order valence-corrected chi connectivity index (χ1v) is 9.86. The third kappa shape index (κ3) is 7.27. The quantitative estimate of drug-likeness (QED) is 0.492. The molecule has 1 aliphatic heterocycles. The maximum absolute atomic E-state index is 11.8. The molecule has 146 valence electrons. The van der Waals surface area contributed by atoms with Crippen LogP contribution in [0.5, 0.6) is 0 Å².